The molecule has 0 aliphatic carbocycles. The van der Waals surface area contributed by atoms with Gasteiger partial charge in [0.2, 0.25) is 5.78 Å². The van der Waals surface area contributed by atoms with Gasteiger partial charge in [-0.3, -0.25) is 19.7 Å². The zero-order chi connectivity index (χ0) is 21.9. The highest BCUT2D eigenvalue weighted by molar-refractivity contribution is 6.08. The van der Waals surface area contributed by atoms with Crippen LogP contribution in [0, 0.1) is 6.92 Å². The summed E-state index contributed by atoms with van der Waals surface area (Å²) >= 11 is 0. The lowest BCUT2D eigenvalue weighted by Crippen LogP contribution is -2.05. The number of imidazole rings is 1. The molecule has 0 saturated heterocycles. The van der Waals surface area contributed by atoms with Crippen molar-refractivity contribution < 1.29 is 9.53 Å². The maximum absolute atomic E-state index is 12.8. The van der Waals surface area contributed by atoms with Gasteiger partial charge < -0.3 is 9.72 Å². The fourth-order valence-electron chi connectivity index (χ4n) is 3.46. The van der Waals surface area contributed by atoms with Gasteiger partial charge in [0.25, 0.3) is 0 Å². The van der Waals surface area contributed by atoms with E-state index in [2.05, 4.69) is 24.9 Å². The van der Waals surface area contributed by atoms with Crippen LogP contribution in [0.15, 0.2) is 79.3 Å². The highest BCUT2D eigenvalue weighted by Crippen LogP contribution is 2.22. The van der Waals surface area contributed by atoms with Crippen LogP contribution in [0.2, 0.25) is 0 Å². The normalized spacial score (nSPS) is 10.9. The average molecular weight is 421 g/mol. The number of para-hydroxylation sites is 2. The van der Waals surface area contributed by atoms with E-state index in [0.717, 1.165) is 33.7 Å². The first-order valence-electron chi connectivity index (χ1n) is 10.1. The van der Waals surface area contributed by atoms with Gasteiger partial charge in [-0.1, -0.05) is 12.1 Å². The molecule has 2 aromatic carbocycles. The number of hydrogen-bond acceptors (Lipinski definition) is 6. The maximum Gasteiger partial charge on any atom is 0.228 e. The summed E-state index contributed by atoms with van der Waals surface area (Å²) < 4.78 is 5.92. The molecule has 3 heterocycles. The first-order chi connectivity index (χ1) is 15.7. The molecule has 7 nitrogen and oxygen atoms in total. The van der Waals surface area contributed by atoms with Gasteiger partial charge in [-0.2, -0.15) is 0 Å². The monoisotopic (exact) mass is 421 g/mol. The summed E-state index contributed by atoms with van der Waals surface area (Å²) in [6.07, 6.45) is 5.06. The Morgan fingerprint density at radius 3 is 2.56 bits per heavy atom. The van der Waals surface area contributed by atoms with E-state index in [1.807, 2.05) is 43.3 Å². The number of nitrogens with zero attached hydrogens (tertiary/aromatic N) is 4. The van der Waals surface area contributed by atoms with Crippen molar-refractivity contribution in [3.63, 3.8) is 0 Å². The zero-order valence-corrected chi connectivity index (χ0v) is 17.3. The number of carbonyl (C=O) groups excluding carboxylic acids is 1. The summed E-state index contributed by atoms with van der Waals surface area (Å²) in [5, 5.41) is 0. The molecular weight excluding hydrogens is 402 g/mol. The second kappa shape index (κ2) is 8.39. The predicted molar refractivity (Wildman–Crippen MR) is 120 cm³/mol. The topological polar surface area (TPSA) is 93.6 Å². The van der Waals surface area contributed by atoms with E-state index in [1.165, 1.54) is 0 Å². The molecule has 5 aromatic rings. The van der Waals surface area contributed by atoms with Crippen LogP contribution >= 0.6 is 0 Å². The van der Waals surface area contributed by atoms with Gasteiger partial charge in [-0.05, 0) is 55.5 Å². The lowest BCUT2D eigenvalue weighted by Gasteiger charge is -2.10. The Bertz CT molecular complexity index is 1380. The minimum atomic E-state index is -0.169. The van der Waals surface area contributed by atoms with E-state index in [0.29, 0.717) is 17.1 Å². The van der Waals surface area contributed by atoms with Crippen molar-refractivity contribution >= 4 is 16.8 Å². The van der Waals surface area contributed by atoms with Gasteiger partial charge in [-0.15, -0.1) is 0 Å². The smallest absolute Gasteiger partial charge is 0.228 e. The Hall–Kier alpha value is -4.39. The van der Waals surface area contributed by atoms with Crippen LogP contribution in [0.1, 0.15) is 27.6 Å². The first-order valence-corrected chi connectivity index (χ1v) is 10.1. The lowest BCUT2D eigenvalue weighted by molar-refractivity contribution is 0.103. The molecule has 0 saturated carbocycles. The number of ketones is 1. The summed E-state index contributed by atoms with van der Waals surface area (Å²) in [6.45, 7) is 2.19. The molecule has 0 amide bonds. The van der Waals surface area contributed by atoms with Crippen molar-refractivity contribution in [1.82, 2.24) is 24.9 Å². The second-order valence-corrected chi connectivity index (χ2v) is 7.28. The van der Waals surface area contributed by atoms with Crippen LogP contribution in [0.4, 0.5) is 0 Å². The van der Waals surface area contributed by atoms with E-state index in [9.17, 15) is 4.79 Å². The fourth-order valence-corrected chi connectivity index (χ4v) is 3.46. The number of aromatic amines is 1. The Morgan fingerprint density at radius 1 is 0.938 bits per heavy atom. The Labute approximate surface area is 184 Å². The van der Waals surface area contributed by atoms with E-state index in [1.54, 1.807) is 42.9 Å². The van der Waals surface area contributed by atoms with Gasteiger partial charge >= 0.3 is 0 Å². The summed E-state index contributed by atoms with van der Waals surface area (Å²) in [4.78, 5) is 33.4. The molecule has 0 unspecified atom stereocenters. The van der Waals surface area contributed by atoms with Crippen molar-refractivity contribution in [2.75, 3.05) is 0 Å². The molecule has 7 heteroatoms. The van der Waals surface area contributed by atoms with E-state index in [-0.39, 0.29) is 12.4 Å². The van der Waals surface area contributed by atoms with Gasteiger partial charge in [0, 0.05) is 35.4 Å². The van der Waals surface area contributed by atoms with Crippen LogP contribution in [-0.2, 0) is 6.61 Å². The quantitative estimate of drug-likeness (QED) is 0.405. The van der Waals surface area contributed by atoms with Crippen molar-refractivity contribution in [3.8, 4) is 17.0 Å². The number of ether oxygens (including phenoxy) is 1. The zero-order valence-electron chi connectivity index (χ0n) is 17.3. The number of fused-ring (bicyclic) bond motifs is 1. The number of pyridine rings is 1. The average Bonchev–Trinajstić information content (AvgIpc) is 3.27. The second-order valence-electron chi connectivity index (χ2n) is 7.28. The number of aryl methyl sites for hydroxylation is 1. The molecular formula is C25H19N5O2. The van der Waals surface area contributed by atoms with Crippen molar-refractivity contribution in [3.05, 3.63) is 102 Å². The highest BCUT2D eigenvalue weighted by atomic mass is 16.5. The van der Waals surface area contributed by atoms with Crippen LogP contribution in [0.3, 0.4) is 0 Å². The van der Waals surface area contributed by atoms with E-state index >= 15 is 0 Å². The van der Waals surface area contributed by atoms with E-state index < -0.39 is 0 Å². The molecule has 0 fully saturated rings. The first kappa shape index (κ1) is 19.6. The lowest BCUT2D eigenvalue weighted by atomic mass is 10.1. The molecule has 0 spiro atoms. The molecule has 0 bridgehead atoms. The maximum atomic E-state index is 12.8. The Kier molecular flexibility index (Phi) is 5.13. The molecule has 5 rings (SSSR count). The number of benzene rings is 2. The number of nitrogens with one attached hydrogen (secondary N) is 1. The largest absolute Gasteiger partial charge is 0.487 e. The van der Waals surface area contributed by atoms with Crippen LogP contribution in [-0.4, -0.2) is 30.7 Å². The van der Waals surface area contributed by atoms with Crippen molar-refractivity contribution in [2.24, 2.45) is 0 Å². The van der Waals surface area contributed by atoms with E-state index in [4.69, 9.17) is 4.74 Å². The molecule has 1 N–H and O–H groups in total. The number of carbonyl (C=O) groups is 1. The number of H-pyrrole nitrogens is 1. The third kappa shape index (κ3) is 3.96. The predicted octanol–water partition coefficient (Wildman–Crippen LogP) is 4.53. The van der Waals surface area contributed by atoms with Crippen LogP contribution < -0.4 is 4.74 Å². The molecule has 0 atom stereocenters. The summed E-state index contributed by atoms with van der Waals surface area (Å²) in [5.74, 6) is 0.780. The van der Waals surface area contributed by atoms with Crippen LogP contribution in [0.25, 0.3) is 22.3 Å². The molecule has 0 aliphatic heterocycles. The SMILES string of the molecule is Cc1cc(-c2nccnc2COc2ccc(C(=O)c3nc4ccccc4[nH]3)cc2)ccn1. The van der Waals surface area contributed by atoms with Gasteiger partial charge in [0.15, 0.2) is 5.82 Å². The molecule has 0 radical (unpaired) electrons. The third-order valence-corrected chi connectivity index (χ3v) is 5.04. The third-order valence-electron chi connectivity index (χ3n) is 5.04. The summed E-state index contributed by atoms with van der Waals surface area (Å²) in [5.41, 5.74) is 5.46. The van der Waals surface area contributed by atoms with Gasteiger partial charge in [0.1, 0.15) is 18.1 Å². The summed E-state index contributed by atoms with van der Waals surface area (Å²) in [6, 6.07) is 18.4. The van der Waals surface area contributed by atoms with Gasteiger partial charge in [0.05, 0.1) is 16.7 Å². The summed E-state index contributed by atoms with van der Waals surface area (Å²) in [7, 11) is 0. The fraction of sp³-hybridized carbons (Fsp3) is 0.0800. The van der Waals surface area contributed by atoms with Crippen molar-refractivity contribution in [2.45, 2.75) is 13.5 Å². The van der Waals surface area contributed by atoms with Crippen LogP contribution in [0.5, 0.6) is 5.75 Å². The minimum Gasteiger partial charge on any atom is -0.487 e. The molecule has 32 heavy (non-hydrogen) atoms. The number of rotatable bonds is 6. The molecule has 156 valence electrons. The molecule has 3 aromatic heterocycles. The number of hydrogen-bond donors (Lipinski definition) is 1. The number of aromatic nitrogens is 5. The Morgan fingerprint density at radius 2 is 1.75 bits per heavy atom. The van der Waals surface area contributed by atoms with Crippen molar-refractivity contribution in [1.29, 1.82) is 0 Å². The standard InChI is InChI=1S/C25H19N5O2/c1-16-14-18(10-11-26-16)23-22(27-12-13-28-23)15-32-19-8-6-17(7-9-19)24(31)25-29-20-4-2-3-5-21(20)30-25/h2-14H,15H2,1H3,(H,29,30). The Balaban J connectivity index is 1.31. The highest BCUT2D eigenvalue weighted by Gasteiger charge is 2.14. The molecule has 0 aliphatic rings. The minimum absolute atomic E-state index is 0.169. The van der Waals surface area contributed by atoms with Gasteiger partial charge in [-0.25, -0.2) is 4.98 Å².